The van der Waals surface area contributed by atoms with Gasteiger partial charge in [0.15, 0.2) is 6.29 Å². The first kappa shape index (κ1) is 40.7. The van der Waals surface area contributed by atoms with Gasteiger partial charge in [-0.25, -0.2) is 17.3 Å². The Balaban J connectivity index is 1.80. The molecule has 280 valence electrons. The van der Waals surface area contributed by atoms with Crippen molar-refractivity contribution in [3.63, 3.8) is 0 Å². The molecule has 24 nitrogen and oxygen atoms in total. The van der Waals surface area contributed by atoms with E-state index in [1.54, 1.807) is 0 Å². The van der Waals surface area contributed by atoms with Crippen LogP contribution in [-0.4, -0.2) is 169 Å². The lowest BCUT2D eigenvalue weighted by atomic mass is 9.83. The predicted octanol–water partition coefficient (Wildman–Crippen LogP) is -5.28. The molecule has 0 aromatic carbocycles. The summed E-state index contributed by atoms with van der Waals surface area (Å²) in [6, 6.07) is 0. The zero-order valence-corrected chi connectivity index (χ0v) is 26.7. The number of aliphatic hydroxyl groups excluding tert-OH is 5. The van der Waals surface area contributed by atoms with Gasteiger partial charge in [-0.15, -0.1) is 0 Å². The third-order valence-electron chi connectivity index (χ3n) is 7.24. The molecule has 0 bridgehead atoms. The van der Waals surface area contributed by atoms with Crippen LogP contribution >= 0.6 is 0 Å². The van der Waals surface area contributed by atoms with Crippen molar-refractivity contribution in [2.45, 2.75) is 74.4 Å². The molecule has 0 saturated carbocycles. The first-order valence-corrected chi connectivity index (χ1v) is 17.5. The van der Waals surface area contributed by atoms with E-state index in [0.29, 0.717) is 6.08 Å². The molecule has 2 saturated heterocycles. The van der Waals surface area contributed by atoms with E-state index in [-0.39, 0.29) is 0 Å². The number of ether oxygens (including phenoxy) is 5. The van der Waals surface area contributed by atoms with E-state index in [1.807, 2.05) is 0 Å². The maximum absolute atomic E-state index is 11.5. The summed E-state index contributed by atoms with van der Waals surface area (Å²) in [4.78, 5) is 11.3. The van der Waals surface area contributed by atoms with Gasteiger partial charge in [0.1, 0.15) is 42.7 Å². The maximum Gasteiger partial charge on any atom is 0.397 e. The second-order valence-corrected chi connectivity index (χ2v) is 13.8. The third-order valence-corrected chi connectivity index (χ3v) is 8.60. The van der Waals surface area contributed by atoms with Gasteiger partial charge in [0, 0.05) is 11.8 Å². The average Bonchev–Trinajstić information content (AvgIpc) is 2.93. The van der Waals surface area contributed by atoms with E-state index >= 15 is 0 Å². The first-order chi connectivity index (χ1) is 22.0. The molecule has 13 atom stereocenters. The van der Waals surface area contributed by atoms with Crippen molar-refractivity contribution in [2.75, 3.05) is 26.4 Å². The van der Waals surface area contributed by atoms with Crippen LogP contribution in [0, 0.1) is 11.8 Å². The molecule has 8 unspecified atom stereocenters. The number of aliphatic carboxylic acids is 1. The van der Waals surface area contributed by atoms with Crippen LogP contribution < -0.4 is 0 Å². The molecule has 0 amide bonds. The molecule has 0 aromatic rings. The molecule has 0 spiro atoms. The quantitative estimate of drug-likeness (QED) is 0.0703. The highest BCUT2D eigenvalue weighted by Crippen LogP contribution is 2.34. The van der Waals surface area contributed by atoms with Gasteiger partial charge in [-0.05, 0) is 13.0 Å². The molecule has 9 N–H and O–H groups in total. The molecule has 0 aliphatic carbocycles. The normalized spacial score (nSPS) is 38.2. The van der Waals surface area contributed by atoms with Crippen molar-refractivity contribution in [3.05, 3.63) is 11.8 Å². The summed E-state index contributed by atoms with van der Waals surface area (Å²) >= 11 is 0. The van der Waals surface area contributed by atoms with Crippen LogP contribution in [0.25, 0.3) is 0 Å². The van der Waals surface area contributed by atoms with Crippen molar-refractivity contribution in [3.8, 4) is 0 Å². The fraction of sp³-hybridized carbons (Fsp3) is 0.857. The molecule has 0 radical (unpaired) electrons. The van der Waals surface area contributed by atoms with Crippen molar-refractivity contribution in [2.24, 2.45) is 11.8 Å². The number of aliphatic hydroxyl groups is 5. The lowest BCUT2D eigenvalue weighted by Gasteiger charge is -2.44. The van der Waals surface area contributed by atoms with Gasteiger partial charge in [0.25, 0.3) is 0 Å². The summed E-state index contributed by atoms with van der Waals surface area (Å²) in [6.45, 7) is -2.10. The largest absolute Gasteiger partial charge is 0.475 e. The Morgan fingerprint density at radius 1 is 0.750 bits per heavy atom. The standard InChI is InChI=1S/C21H34O24S3/c1-7-17(44-47(32,33)34)16(25)18(45-48(35,36)37)13(41-7)5-38-3-8-9(20(28)42-12(14(8)23)6-40-46(29,30)31)4-39-21-15(24)10(22)2-11(43-21)19(26)27/h2,7-10,12-18,20-25,28H,3-6H2,1H3,(H,26,27)(H,29,30,31)(H,32,33,34)(H,35,36,37)/t7?,8?,9?,10?,12?,13-,14-,15?,16?,17+,18?,20+,21+/m0/s1. The molecule has 3 heterocycles. The minimum absolute atomic E-state index is 0.687. The lowest BCUT2D eigenvalue weighted by Crippen LogP contribution is -2.60. The van der Waals surface area contributed by atoms with E-state index in [2.05, 4.69) is 12.5 Å². The topological polar surface area (TPSA) is 375 Å². The molecular weight excluding hydrogens is 732 g/mol. The Labute approximate surface area is 272 Å². The van der Waals surface area contributed by atoms with E-state index < -0.39 is 149 Å². The molecular formula is C21H34O24S3. The smallest absolute Gasteiger partial charge is 0.397 e. The van der Waals surface area contributed by atoms with Crippen molar-refractivity contribution in [1.29, 1.82) is 0 Å². The second kappa shape index (κ2) is 16.1. The van der Waals surface area contributed by atoms with Gasteiger partial charge < -0.3 is 54.3 Å². The maximum atomic E-state index is 11.5. The highest BCUT2D eigenvalue weighted by Gasteiger charge is 2.50. The van der Waals surface area contributed by atoms with Crippen LogP contribution in [0.1, 0.15) is 6.92 Å². The zero-order chi connectivity index (χ0) is 36.4. The van der Waals surface area contributed by atoms with E-state index in [9.17, 15) is 60.1 Å². The summed E-state index contributed by atoms with van der Waals surface area (Å²) in [5.74, 6) is -5.21. The predicted molar refractivity (Wildman–Crippen MR) is 144 cm³/mol. The number of carbonyl (C=O) groups is 1. The molecule has 3 aliphatic rings. The summed E-state index contributed by atoms with van der Waals surface area (Å²) in [5.41, 5.74) is 0. The Morgan fingerprint density at radius 2 is 1.35 bits per heavy atom. The third kappa shape index (κ3) is 11.4. The summed E-state index contributed by atoms with van der Waals surface area (Å²) in [5, 5.41) is 61.6. The minimum atomic E-state index is -5.35. The van der Waals surface area contributed by atoms with Gasteiger partial charge in [-0.1, -0.05) is 0 Å². The second-order valence-electron chi connectivity index (χ2n) is 10.6. The van der Waals surface area contributed by atoms with Crippen LogP contribution in [-0.2, 0) is 72.2 Å². The lowest BCUT2D eigenvalue weighted by molar-refractivity contribution is -0.284. The van der Waals surface area contributed by atoms with Crippen molar-refractivity contribution in [1.82, 2.24) is 0 Å². The Bertz CT molecular complexity index is 1460. The summed E-state index contributed by atoms with van der Waals surface area (Å²) in [6.07, 6.45) is -19.5. The van der Waals surface area contributed by atoms with E-state index in [4.69, 9.17) is 37.9 Å². The fourth-order valence-corrected chi connectivity index (χ4v) is 6.41. The number of carboxylic acid groups (broad SMARTS) is 1. The van der Waals surface area contributed by atoms with Crippen molar-refractivity contribution >= 4 is 37.2 Å². The molecule has 27 heteroatoms. The number of hydrogen-bond donors (Lipinski definition) is 9. The highest BCUT2D eigenvalue weighted by atomic mass is 32.3. The van der Waals surface area contributed by atoms with Gasteiger partial charge in [-0.3, -0.25) is 13.7 Å². The number of hydrogen-bond acceptors (Lipinski definition) is 20. The molecule has 3 aliphatic heterocycles. The molecule has 3 rings (SSSR count). The van der Waals surface area contributed by atoms with Crippen LogP contribution in [0.3, 0.4) is 0 Å². The van der Waals surface area contributed by atoms with Crippen LogP contribution in [0.2, 0.25) is 0 Å². The van der Waals surface area contributed by atoms with Crippen LogP contribution in [0.4, 0.5) is 0 Å². The summed E-state index contributed by atoms with van der Waals surface area (Å²) in [7, 11) is -15.6. The molecule has 48 heavy (non-hydrogen) atoms. The van der Waals surface area contributed by atoms with E-state index in [1.165, 1.54) is 0 Å². The number of rotatable bonds is 15. The minimum Gasteiger partial charge on any atom is -0.475 e. The van der Waals surface area contributed by atoms with Crippen LogP contribution in [0.15, 0.2) is 11.8 Å². The van der Waals surface area contributed by atoms with Crippen molar-refractivity contribution < 1.29 is 111 Å². The summed E-state index contributed by atoms with van der Waals surface area (Å²) < 4.78 is 134. The fourth-order valence-electron chi connectivity index (χ4n) is 5.03. The Hall–Kier alpha value is -1.74. The van der Waals surface area contributed by atoms with E-state index in [0.717, 1.165) is 6.92 Å². The van der Waals surface area contributed by atoms with Gasteiger partial charge in [-0.2, -0.15) is 25.3 Å². The first-order valence-electron chi connectivity index (χ1n) is 13.4. The Kier molecular flexibility index (Phi) is 13.6. The zero-order valence-electron chi connectivity index (χ0n) is 24.3. The SMILES string of the molecule is CC1O[C@@H](COCC2C(CO[C@@H]3OC(C(=O)O)=CC(O)C3O)[C@H](O)OC(COS(=O)(=O)O)[C@H]2O)C(OS(=O)(=O)O)C(O)[C@@H]1OS(=O)(=O)O. The van der Waals surface area contributed by atoms with Gasteiger partial charge >= 0.3 is 37.2 Å². The van der Waals surface area contributed by atoms with Gasteiger partial charge in [0.05, 0.1) is 38.6 Å². The van der Waals surface area contributed by atoms with Gasteiger partial charge in [0.2, 0.25) is 12.0 Å². The molecule has 0 aromatic heterocycles. The monoisotopic (exact) mass is 766 g/mol. The highest BCUT2D eigenvalue weighted by molar-refractivity contribution is 7.81. The Morgan fingerprint density at radius 3 is 1.92 bits per heavy atom. The average molecular weight is 767 g/mol. The number of carboxylic acids is 1. The molecule has 2 fully saturated rings. The van der Waals surface area contributed by atoms with Crippen LogP contribution in [0.5, 0.6) is 0 Å².